The minimum atomic E-state index is -0.265. The molecule has 1 aliphatic heterocycles. The number of amides is 1. The predicted molar refractivity (Wildman–Crippen MR) is 87.9 cm³/mol. The zero-order chi connectivity index (χ0) is 14.0. The van der Waals surface area contributed by atoms with E-state index >= 15 is 0 Å². The third-order valence-electron chi connectivity index (χ3n) is 5.10. The van der Waals surface area contributed by atoms with Gasteiger partial charge < -0.3 is 10.2 Å². The SMILES string of the molecule is CN(C(=O)C1(c2ccccc2)CCCC1)C1CCNC1.Cl. The van der Waals surface area contributed by atoms with E-state index in [2.05, 4.69) is 29.6 Å². The first-order chi connectivity index (χ1) is 9.74. The van der Waals surface area contributed by atoms with E-state index in [1.54, 1.807) is 0 Å². The van der Waals surface area contributed by atoms with Crippen molar-refractivity contribution in [1.29, 1.82) is 0 Å². The van der Waals surface area contributed by atoms with Crippen LogP contribution in [-0.2, 0) is 10.2 Å². The Kier molecular flexibility index (Phi) is 5.28. The van der Waals surface area contributed by atoms with Crippen LogP contribution in [0.15, 0.2) is 30.3 Å². The summed E-state index contributed by atoms with van der Waals surface area (Å²) in [6, 6.07) is 10.8. The van der Waals surface area contributed by atoms with Crippen LogP contribution in [0.2, 0.25) is 0 Å². The highest BCUT2D eigenvalue weighted by Crippen LogP contribution is 2.42. The van der Waals surface area contributed by atoms with Crippen molar-refractivity contribution in [3.05, 3.63) is 35.9 Å². The molecule has 1 aromatic carbocycles. The molecule has 3 nitrogen and oxygen atoms in total. The van der Waals surface area contributed by atoms with E-state index in [4.69, 9.17) is 0 Å². The fraction of sp³-hybridized carbons (Fsp3) is 0.588. The number of nitrogens with one attached hydrogen (secondary N) is 1. The van der Waals surface area contributed by atoms with Gasteiger partial charge in [0.1, 0.15) is 0 Å². The van der Waals surface area contributed by atoms with Crippen molar-refractivity contribution in [3.8, 4) is 0 Å². The van der Waals surface area contributed by atoms with E-state index in [0.717, 1.165) is 45.2 Å². The third kappa shape index (κ3) is 2.95. The third-order valence-corrected chi connectivity index (χ3v) is 5.10. The van der Waals surface area contributed by atoms with Gasteiger partial charge in [-0.3, -0.25) is 4.79 Å². The highest BCUT2D eigenvalue weighted by Gasteiger charge is 2.45. The Morgan fingerprint density at radius 2 is 1.90 bits per heavy atom. The van der Waals surface area contributed by atoms with Gasteiger partial charge in [-0.2, -0.15) is 0 Å². The summed E-state index contributed by atoms with van der Waals surface area (Å²) in [6.07, 6.45) is 5.41. The topological polar surface area (TPSA) is 32.3 Å². The van der Waals surface area contributed by atoms with Crippen LogP contribution in [0.3, 0.4) is 0 Å². The van der Waals surface area contributed by atoms with Gasteiger partial charge in [0, 0.05) is 19.6 Å². The molecule has 116 valence electrons. The van der Waals surface area contributed by atoms with Gasteiger partial charge in [0.15, 0.2) is 0 Å². The molecule has 1 unspecified atom stereocenters. The van der Waals surface area contributed by atoms with Crippen LogP contribution < -0.4 is 5.32 Å². The van der Waals surface area contributed by atoms with Crippen LogP contribution in [0.1, 0.15) is 37.7 Å². The monoisotopic (exact) mass is 308 g/mol. The first-order valence-corrected chi connectivity index (χ1v) is 7.77. The zero-order valence-corrected chi connectivity index (χ0v) is 13.5. The predicted octanol–water partition coefficient (Wildman–Crippen LogP) is 2.74. The second kappa shape index (κ2) is 6.80. The van der Waals surface area contributed by atoms with Crippen molar-refractivity contribution in [1.82, 2.24) is 10.2 Å². The van der Waals surface area contributed by atoms with Crippen LogP contribution in [0.4, 0.5) is 0 Å². The Morgan fingerprint density at radius 3 is 2.48 bits per heavy atom. The van der Waals surface area contributed by atoms with Crippen molar-refractivity contribution < 1.29 is 4.79 Å². The molecule has 1 aromatic rings. The van der Waals surface area contributed by atoms with Gasteiger partial charge in [0.25, 0.3) is 0 Å². The molecule has 1 heterocycles. The number of hydrogen-bond acceptors (Lipinski definition) is 2. The zero-order valence-electron chi connectivity index (χ0n) is 12.7. The molecule has 2 fully saturated rings. The summed E-state index contributed by atoms with van der Waals surface area (Å²) in [5, 5.41) is 3.36. The second-order valence-electron chi connectivity index (χ2n) is 6.22. The molecule has 0 aromatic heterocycles. The van der Waals surface area contributed by atoms with Crippen LogP contribution in [0, 0.1) is 0 Å². The van der Waals surface area contributed by atoms with E-state index in [1.165, 1.54) is 5.56 Å². The standard InChI is InChI=1S/C17H24N2O.ClH/c1-19(15-9-12-18-13-15)16(20)17(10-5-6-11-17)14-7-3-2-4-8-14;/h2-4,7-8,15,18H,5-6,9-13H2,1H3;1H. The quantitative estimate of drug-likeness (QED) is 0.931. The summed E-state index contributed by atoms with van der Waals surface area (Å²) in [4.78, 5) is 15.2. The normalized spacial score (nSPS) is 23.6. The molecule has 1 amide bonds. The first kappa shape index (κ1) is 16.3. The number of hydrogen-bond donors (Lipinski definition) is 1. The molecule has 0 spiro atoms. The van der Waals surface area contributed by atoms with E-state index in [0.29, 0.717) is 11.9 Å². The van der Waals surface area contributed by atoms with Crippen LogP contribution >= 0.6 is 12.4 Å². The van der Waals surface area contributed by atoms with E-state index in [9.17, 15) is 4.79 Å². The fourth-order valence-corrected chi connectivity index (χ4v) is 3.84. The smallest absolute Gasteiger partial charge is 0.233 e. The Bertz CT molecular complexity index is 465. The number of likely N-dealkylation sites (N-methyl/N-ethyl adjacent to an activating group) is 1. The second-order valence-corrected chi connectivity index (χ2v) is 6.22. The van der Waals surface area contributed by atoms with Crippen molar-refractivity contribution in [2.24, 2.45) is 0 Å². The van der Waals surface area contributed by atoms with Crippen LogP contribution in [0.5, 0.6) is 0 Å². The van der Waals surface area contributed by atoms with Crippen LogP contribution in [0.25, 0.3) is 0 Å². The lowest BCUT2D eigenvalue weighted by atomic mass is 9.77. The summed E-state index contributed by atoms with van der Waals surface area (Å²) < 4.78 is 0. The molecule has 4 heteroatoms. The maximum Gasteiger partial charge on any atom is 0.233 e. The summed E-state index contributed by atoms with van der Waals surface area (Å²) in [5.41, 5.74) is 0.943. The minimum Gasteiger partial charge on any atom is -0.341 e. The van der Waals surface area contributed by atoms with E-state index in [-0.39, 0.29) is 17.8 Å². The Labute approximate surface area is 133 Å². The molecular weight excluding hydrogens is 284 g/mol. The highest BCUT2D eigenvalue weighted by atomic mass is 35.5. The average Bonchev–Trinajstić information content (AvgIpc) is 3.18. The maximum absolute atomic E-state index is 13.2. The lowest BCUT2D eigenvalue weighted by Gasteiger charge is -2.35. The molecule has 21 heavy (non-hydrogen) atoms. The van der Waals surface area contributed by atoms with Gasteiger partial charge >= 0.3 is 0 Å². The Hall–Kier alpha value is -1.06. The van der Waals surface area contributed by atoms with Gasteiger partial charge in [0.2, 0.25) is 5.91 Å². The molecule has 1 saturated heterocycles. The molecule has 1 saturated carbocycles. The molecule has 1 atom stereocenters. The van der Waals surface area contributed by atoms with Crippen LogP contribution in [-0.4, -0.2) is 37.0 Å². The van der Waals surface area contributed by atoms with Crippen molar-refractivity contribution in [3.63, 3.8) is 0 Å². The van der Waals surface area contributed by atoms with Gasteiger partial charge in [-0.05, 0) is 31.4 Å². The summed E-state index contributed by atoms with van der Waals surface area (Å²) >= 11 is 0. The fourth-order valence-electron chi connectivity index (χ4n) is 3.84. The van der Waals surface area contributed by atoms with E-state index in [1.807, 2.05) is 18.0 Å². The summed E-state index contributed by atoms with van der Waals surface area (Å²) in [7, 11) is 1.99. The van der Waals surface area contributed by atoms with Gasteiger partial charge in [-0.25, -0.2) is 0 Å². The maximum atomic E-state index is 13.2. The largest absolute Gasteiger partial charge is 0.341 e. The molecular formula is C17H25ClN2O. The highest BCUT2D eigenvalue weighted by molar-refractivity contribution is 5.88. The average molecular weight is 309 g/mol. The summed E-state index contributed by atoms with van der Waals surface area (Å²) in [6.45, 7) is 1.97. The number of nitrogens with zero attached hydrogens (tertiary/aromatic N) is 1. The van der Waals surface area contributed by atoms with Gasteiger partial charge in [-0.1, -0.05) is 43.2 Å². The summed E-state index contributed by atoms with van der Waals surface area (Å²) in [5.74, 6) is 0.329. The number of rotatable bonds is 3. The molecule has 2 aliphatic rings. The number of carbonyl (C=O) groups is 1. The van der Waals surface area contributed by atoms with Crippen molar-refractivity contribution in [2.75, 3.05) is 20.1 Å². The van der Waals surface area contributed by atoms with Crippen molar-refractivity contribution >= 4 is 18.3 Å². The molecule has 3 rings (SSSR count). The Morgan fingerprint density at radius 1 is 1.24 bits per heavy atom. The lowest BCUT2D eigenvalue weighted by Crippen LogP contribution is -2.48. The number of carbonyl (C=O) groups excluding carboxylic acids is 1. The molecule has 0 bridgehead atoms. The number of benzene rings is 1. The van der Waals surface area contributed by atoms with Gasteiger partial charge in [0.05, 0.1) is 5.41 Å². The molecule has 0 radical (unpaired) electrons. The van der Waals surface area contributed by atoms with E-state index < -0.39 is 0 Å². The van der Waals surface area contributed by atoms with Gasteiger partial charge in [-0.15, -0.1) is 12.4 Å². The van der Waals surface area contributed by atoms with Crippen molar-refractivity contribution in [2.45, 2.75) is 43.6 Å². The lowest BCUT2D eigenvalue weighted by molar-refractivity contribution is -0.137. The first-order valence-electron chi connectivity index (χ1n) is 7.77. The molecule has 1 N–H and O–H groups in total. The Balaban J connectivity index is 0.00000161. The minimum absolute atomic E-state index is 0. The number of halogens is 1. The molecule has 1 aliphatic carbocycles.